The van der Waals surface area contributed by atoms with Gasteiger partial charge in [0.15, 0.2) is 0 Å². The van der Waals surface area contributed by atoms with E-state index < -0.39 is 28.2 Å². The van der Waals surface area contributed by atoms with E-state index in [-0.39, 0.29) is 16.6 Å². The van der Waals surface area contributed by atoms with Gasteiger partial charge in [0.1, 0.15) is 17.6 Å². The highest BCUT2D eigenvalue weighted by molar-refractivity contribution is 7.89. The Morgan fingerprint density at radius 3 is 2.47 bits per heavy atom. The number of aliphatic carboxylic acids is 1. The maximum atomic E-state index is 12.9. The van der Waals surface area contributed by atoms with Crippen LogP contribution in [0.2, 0.25) is 0 Å². The molecule has 2 heterocycles. The van der Waals surface area contributed by atoms with Crippen LogP contribution in [0.5, 0.6) is 5.75 Å². The van der Waals surface area contributed by atoms with E-state index in [1.54, 1.807) is 36.3 Å². The second-order valence-electron chi connectivity index (χ2n) is 8.13. The molecule has 38 heavy (non-hydrogen) atoms. The zero-order chi connectivity index (χ0) is 28.3. The second-order valence-corrected chi connectivity index (χ2v) is 10.8. The largest absolute Gasteiger partial charge is 0.497 e. The van der Waals surface area contributed by atoms with Gasteiger partial charge >= 0.3 is 12.1 Å². The first-order valence-electron chi connectivity index (χ1n) is 10.8. The average molecular weight is 573 g/mol. The number of sulfonamides is 1. The summed E-state index contributed by atoms with van der Waals surface area (Å²) in [6.45, 7) is 0.808. The number of nitrogens with two attached hydrogens (primary N) is 1. The van der Waals surface area contributed by atoms with Crippen molar-refractivity contribution in [1.29, 1.82) is 5.41 Å². The molecular weight excluding hydrogens is 549 g/mol. The molecule has 1 atom stereocenters. The van der Waals surface area contributed by atoms with Gasteiger partial charge < -0.3 is 20.5 Å². The van der Waals surface area contributed by atoms with Crippen LogP contribution in [0.15, 0.2) is 52.7 Å². The van der Waals surface area contributed by atoms with E-state index in [0.29, 0.717) is 30.1 Å². The normalized spacial score (nSPS) is 15.7. The topological polar surface area (TPSA) is 163 Å². The van der Waals surface area contributed by atoms with Gasteiger partial charge in [-0.15, -0.1) is 11.3 Å². The lowest BCUT2D eigenvalue weighted by Gasteiger charge is -2.17. The lowest BCUT2D eigenvalue weighted by atomic mass is 10.1. The number of nitrogen functional groups attached to an aromatic ring is 1. The van der Waals surface area contributed by atoms with Crippen LogP contribution in [0, 0.1) is 5.41 Å². The minimum absolute atomic E-state index is 0.0114. The number of methoxy groups -OCH3 is 1. The molecule has 1 fully saturated rings. The highest BCUT2D eigenvalue weighted by Crippen LogP contribution is 2.25. The smallest absolute Gasteiger partial charge is 0.490 e. The minimum Gasteiger partial charge on any atom is -0.497 e. The van der Waals surface area contributed by atoms with Gasteiger partial charge in [-0.2, -0.15) is 17.9 Å². The summed E-state index contributed by atoms with van der Waals surface area (Å²) >= 11 is 1.35. The standard InChI is InChI=1S/C21H22N4O4S2.C2HF3O2/c1-29-16-4-2-14-3-5-17(10-15(14)9-16)31(27,28)24-18-6-7-25(21(18)26)11-13-8-19(20(22)23)30-12-13;3-2(4,5)1(6)7/h2-5,8-10,12,18,24H,6-7,11H2,1H3,(H3,22,23);(H,6,7)/t18-;/m0./s1. The van der Waals surface area contributed by atoms with E-state index in [0.717, 1.165) is 16.3 Å². The van der Waals surface area contributed by atoms with E-state index in [1.807, 2.05) is 17.5 Å². The molecule has 1 saturated heterocycles. The highest BCUT2D eigenvalue weighted by atomic mass is 32.2. The molecule has 4 rings (SSSR count). The van der Waals surface area contributed by atoms with Gasteiger partial charge in [0, 0.05) is 13.1 Å². The number of carbonyl (C=O) groups excluding carboxylic acids is 1. The SMILES string of the molecule is COc1ccc2ccc(S(=O)(=O)N[C@H]3CCN(Cc4csc(C(=N)N)c4)C3=O)cc2c1.O=C(O)C(F)(F)F. The zero-order valence-corrected chi connectivity index (χ0v) is 21.4. The molecule has 1 aliphatic rings. The van der Waals surface area contributed by atoms with Gasteiger partial charge in [0.05, 0.1) is 16.9 Å². The fourth-order valence-electron chi connectivity index (χ4n) is 3.58. The van der Waals surface area contributed by atoms with Crippen molar-refractivity contribution in [1.82, 2.24) is 9.62 Å². The van der Waals surface area contributed by atoms with E-state index in [1.165, 1.54) is 17.4 Å². The van der Waals surface area contributed by atoms with E-state index in [9.17, 15) is 26.4 Å². The molecule has 10 nitrogen and oxygen atoms in total. The number of benzene rings is 2. The van der Waals surface area contributed by atoms with Crippen LogP contribution >= 0.6 is 11.3 Å². The third-order valence-corrected chi connectivity index (χ3v) is 7.94. The number of rotatable bonds is 7. The van der Waals surface area contributed by atoms with Crippen LogP contribution in [0.3, 0.4) is 0 Å². The van der Waals surface area contributed by atoms with Crippen LogP contribution in [-0.4, -0.2) is 62.0 Å². The number of amidine groups is 1. The summed E-state index contributed by atoms with van der Waals surface area (Å²) in [6.07, 6.45) is -4.69. The highest BCUT2D eigenvalue weighted by Gasteiger charge is 2.38. The number of carboxylic acid groups (broad SMARTS) is 1. The number of alkyl halides is 3. The Balaban J connectivity index is 0.000000505. The monoisotopic (exact) mass is 572 g/mol. The number of carboxylic acids is 1. The van der Waals surface area contributed by atoms with E-state index >= 15 is 0 Å². The molecule has 1 aromatic heterocycles. The number of thiophene rings is 1. The predicted octanol–water partition coefficient (Wildman–Crippen LogP) is 2.91. The fourth-order valence-corrected chi connectivity index (χ4v) is 5.60. The summed E-state index contributed by atoms with van der Waals surface area (Å²) in [7, 11) is -2.32. The van der Waals surface area contributed by atoms with E-state index in [4.69, 9.17) is 25.8 Å². The molecular formula is C23H23F3N4O6S2. The number of nitrogens with one attached hydrogen (secondary N) is 2. The number of ether oxygens (including phenoxy) is 1. The second kappa shape index (κ2) is 11.4. The number of carbonyl (C=O) groups is 2. The van der Waals surface area contributed by atoms with Gasteiger partial charge in [0.25, 0.3) is 0 Å². The molecule has 0 radical (unpaired) electrons. The van der Waals surface area contributed by atoms with Crippen molar-refractivity contribution >= 4 is 49.8 Å². The summed E-state index contributed by atoms with van der Waals surface area (Å²) in [5.41, 5.74) is 6.36. The van der Waals surface area contributed by atoms with Gasteiger partial charge in [-0.05, 0) is 58.5 Å². The molecule has 15 heteroatoms. The Hall–Kier alpha value is -3.69. The first kappa shape index (κ1) is 28.9. The Labute approximate surface area is 219 Å². The Morgan fingerprint density at radius 2 is 1.89 bits per heavy atom. The summed E-state index contributed by atoms with van der Waals surface area (Å²) in [5.74, 6) is -2.39. The van der Waals surface area contributed by atoms with Crippen molar-refractivity contribution in [2.24, 2.45) is 5.73 Å². The number of hydrogen-bond acceptors (Lipinski definition) is 7. The quantitative estimate of drug-likeness (QED) is 0.250. The van der Waals surface area contributed by atoms with Crippen LogP contribution < -0.4 is 15.2 Å². The molecule has 0 spiro atoms. The van der Waals surface area contributed by atoms with Crippen LogP contribution in [0.4, 0.5) is 13.2 Å². The Bertz CT molecular complexity index is 1470. The van der Waals surface area contributed by atoms with Gasteiger partial charge in [-0.25, -0.2) is 13.2 Å². The van der Waals surface area contributed by atoms with Crippen LogP contribution in [0.1, 0.15) is 16.9 Å². The molecule has 0 unspecified atom stereocenters. The number of likely N-dealkylation sites (tertiary alicyclic amines) is 1. The van der Waals surface area contributed by atoms with Crippen molar-refractivity contribution in [2.45, 2.75) is 30.1 Å². The molecule has 0 bridgehead atoms. The third-order valence-electron chi connectivity index (χ3n) is 5.46. The van der Waals surface area contributed by atoms with Gasteiger partial charge in [-0.1, -0.05) is 12.1 Å². The first-order chi connectivity index (χ1) is 17.7. The molecule has 5 N–H and O–H groups in total. The molecule has 3 aromatic rings. The van der Waals surface area contributed by atoms with Gasteiger partial charge in [-0.3, -0.25) is 10.2 Å². The van der Waals surface area contributed by atoms with Crippen molar-refractivity contribution in [3.8, 4) is 5.75 Å². The molecule has 0 aliphatic carbocycles. The van der Waals surface area contributed by atoms with Crippen molar-refractivity contribution in [3.63, 3.8) is 0 Å². The first-order valence-corrected chi connectivity index (χ1v) is 13.2. The minimum atomic E-state index is -5.08. The summed E-state index contributed by atoms with van der Waals surface area (Å²) in [6, 6.07) is 11.3. The number of halogens is 3. The predicted molar refractivity (Wildman–Crippen MR) is 134 cm³/mol. The zero-order valence-electron chi connectivity index (χ0n) is 19.8. The molecule has 2 aromatic carbocycles. The number of amides is 1. The maximum absolute atomic E-state index is 12.9. The molecule has 0 saturated carbocycles. The number of nitrogens with zero attached hydrogens (tertiary/aromatic N) is 1. The summed E-state index contributed by atoms with van der Waals surface area (Å²) in [5, 5.41) is 18.1. The summed E-state index contributed by atoms with van der Waals surface area (Å²) in [4.78, 5) is 24.0. The fraction of sp³-hybridized carbons (Fsp3) is 0.261. The average Bonchev–Trinajstić information content (AvgIpc) is 3.45. The summed E-state index contributed by atoms with van der Waals surface area (Å²) < 4.78 is 65.4. The Kier molecular flexibility index (Phi) is 8.64. The van der Waals surface area contributed by atoms with Crippen LogP contribution in [-0.2, 0) is 26.2 Å². The van der Waals surface area contributed by atoms with Crippen molar-refractivity contribution < 1.29 is 41.0 Å². The molecule has 204 valence electrons. The van der Waals surface area contributed by atoms with Crippen LogP contribution in [0.25, 0.3) is 10.8 Å². The lowest BCUT2D eigenvalue weighted by molar-refractivity contribution is -0.192. The Morgan fingerprint density at radius 1 is 1.24 bits per heavy atom. The number of hydrogen-bond donors (Lipinski definition) is 4. The third kappa shape index (κ3) is 6.99. The van der Waals surface area contributed by atoms with Gasteiger partial charge in [0.2, 0.25) is 15.9 Å². The van der Waals surface area contributed by atoms with Crippen molar-refractivity contribution in [2.75, 3.05) is 13.7 Å². The lowest BCUT2D eigenvalue weighted by Crippen LogP contribution is -2.41. The van der Waals surface area contributed by atoms with Crippen molar-refractivity contribution in [3.05, 3.63) is 58.3 Å². The molecule has 1 aliphatic heterocycles. The molecule has 1 amide bonds. The maximum Gasteiger partial charge on any atom is 0.490 e. The number of fused-ring (bicyclic) bond motifs is 1. The van der Waals surface area contributed by atoms with E-state index in [2.05, 4.69) is 4.72 Å².